The summed E-state index contributed by atoms with van der Waals surface area (Å²) in [5.74, 6) is 1.79. The number of nitrogens with zero attached hydrogens (tertiary/aromatic N) is 1. The van der Waals surface area contributed by atoms with E-state index >= 15 is 0 Å². The third-order valence-corrected chi connectivity index (χ3v) is 5.47. The zero-order chi connectivity index (χ0) is 16.2. The Morgan fingerprint density at radius 2 is 1.45 bits per heavy atom. The van der Waals surface area contributed by atoms with Gasteiger partial charge in [-0.25, -0.2) is 0 Å². The second kappa shape index (κ2) is 12.0. The zero-order valence-electron chi connectivity index (χ0n) is 15.9. The van der Waals surface area contributed by atoms with E-state index in [1.165, 1.54) is 83.7 Å². The van der Waals surface area contributed by atoms with Gasteiger partial charge in [0.15, 0.2) is 0 Å². The Hall–Kier alpha value is -0.460. The average Bonchev–Trinajstić information content (AvgIpc) is 3.08. The highest BCUT2D eigenvalue weighted by atomic mass is 15.1. The number of rotatable bonds is 13. The number of unbranched alkanes of at least 4 members (excludes halogenated alkanes) is 2. The molecule has 0 amide bonds. The van der Waals surface area contributed by atoms with E-state index in [1.54, 1.807) is 5.70 Å². The van der Waals surface area contributed by atoms with Gasteiger partial charge in [-0.1, -0.05) is 72.3 Å². The summed E-state index contributed by atoms with van der Waals surface area (Å²) in [5, 5.41) is 0. The number of hydrogen-bond donors (Lipinski definition) is 0. The normalized spacial score (nSPS) is 17.4. The molecule has 0 aromatic carbocycles. The molecule has 0 spiro atoms. The van der Waals surface area contributed by atoms with Crippen LogP contribution >= 0.6 is 0 Å². The minimum Gasteiger partial charge on any atom is -0.375 e. The first-order valence-corrected chi connectivity index (χ1v) is 10.2. The Bertz CT molecular complexity index is 276. The van der Waals surface area contributed by atoms with E-state index < -0.39 is 0 Å². The molecule has 2 unspecified atom stereocenters. The first-order valence-electron chi connectivity index (χ1n) is 10.2. The molecule has 130 valence electrons. The van der Waals surface area contributed by atoms with Gasteiger partial charge in [0.2, 0.25) is 0 Å². The van der Waals surface area contributed by atoms with Crippen molar-refractivity contribution >= 4 is 0 Å². The van der Waals surface area contributed by atoms with Crippen LogP contribution < -0.4 is 0 Å². The smallest absolute Gasteiger partial charge is 0.0203 e. The largest absolute Gasteiger partial charge is 0.375 e. The monoisotopic (exact) mass is 307 g/mol. The lowest BCUT2D eigenvalue weighted by Crippen LogP contribution is -2.33. The third-order valence-electron chi connectivity index (χ3n) is 5.47. The van der Waals surface area contributed by atoms with Gasteiger partial charge in [0.25, 0.3) is 0 Å². The molecule has 1 nitrogen and oxygen atoms in total. The van der Waals surface area contributed by atoms with Gasteiger partial charge >= 0.3 is 0 Å². The van der Waals surface area contributed by atoms with Crippen LogP contribution in [0.1, 0.15) is 98.3 Å². The molecule has 1 heteroatoms. The molecule has 0 aliphatic heterocycles. The maximum Gasteiger partial charge on any atom is 0.0203 e. The molecule has 0 N–H and O–H groups in total. The van der Waals surface area contributed by atoms with E-state index in [0.717, 1.165) is 11.8 Å². The molecule has 0 aromatic heterocycles. The Morgan fingerprint density at radius 1 is 0.909 bits per heavy atom. The minimum atomic E-state index is 0.894. The summed E-state index contributed by atoms with van der Waals surface area (Å²) in [4.78, 5) is 2.79. The molecule has 22 heavy (non-hydrogen) atoms. The van der Waals surface area contributed by atoms with Gasteiger partial charge in [-0.2, -0.15) is 0 Å². The lowest BCUT2D eigenvalue weighted by Gasteiger charge is -2.33. The van der Waals surface area contributed by atoms with Crippen molar-refractivity contribution in [1.29, 1.82) is 0 Å². The fourth-order valence-electron chi connectivity index (χ4n) is 3.71. The van der Waals surface area contributed by atoms with Crippen LogP contribution in [0.15, 0.2) is 11.8 Å². The SMILES string of the molecule is CCCCC(CC)CN(CC(CC)CCCC)C1=CCCC1. The second-order valence-corrected chi connectivity index (χ2v) is 7.33. The van der Waals surface area contributed by atoms with Crippen molar-refractivity contribution in [3.8, 4) is 0 Å². The van der Waals surface area contributed by atoms with E-state index in [2.05, 4.69) is 38.7 Å². The van der Waals surface area contributed by atoms with Gasteiger partial charge in [-0.05, 0) is 43.9 Å². The number of hydrogen-bond acceptors (Lipinski definition) is 1. The summed E-state index contributed by atoms with van der Waals surface area (Å²) in [5.41, 5.74) is 1.67. The molecule has 1 aliphatic rings. The van der Waals surface area contributed by atoms with E-state index in [9.17, 15) is 0 Å². The molecule has 0 radical (unpaired) electrons. The van der Waals surface area contributed by atoms with Crippen LogP contribution in [0.3, 0.4) is 0 Å². The van der Waals surface area contributed by atoms with Crippen molar-refractivity contribution in [2.24, 2.45) is 11.8 Å². The van der Waals surface area contributed by atoms with Crippen LogP contribution in [0.2, 0.25) is 0 Å². The van der Waals surface area contributed by atoms with Crippen molar-refractivity contribution in [2.75, 3.05) is 13.1 Å². The van der Waals surface area contributed by atoms with E-state index in [0.29, 0.717) is 0 Å². The Balaban J connectivity index is 2.62. The molecule has 0 bridgehead atoms. The predicted octanol–water partition coefficient (Wildman–Crippen LogP) is 6.79. The second-order valence-electron chi connectivity index (χ2n) is 7.33. The topological polar surface area (TPSA) is 3.24 Å². The van der Waals surface area contributed by atoms with Crippen LogP contribution in [0.25, 0.3) is 0 Å². The molecular formula is C21H41N. The van der Waals surface area contributed by atoms with E-state index in [1.807, 2.05) is 0 Å². The van der Waals surface area contributed by atoms with E-state index in [-0.39, 0.29) is 0 Å². The maximum absolute atomic E-state index is 2.79. The van der Waals surface area contributed by atoms with Gasteiger partial charge in [-0.3, -0.25) is 0 Å². The highest BCUT2D eigenvalue weighted by molar-refractivity contribution is 5.07. The minimum absolute atomic E-state index is 0.894. The third kappa shape index (κ3) is 7.20. The fraction of sp³-hybridized carbons (Fsp3) is 0.905. The quantitative estimate of drug-likeness (QED) is 0.362. The van der Waals surface area contributed by atoms with Gasteiger partial charge in [0, 0.05) is 18.8 Å². The van der Waals surface area contributed by atoms with Crippen molar-refractivity contribution in [3.05, 3.63) is 11.8 Å². The molecule has 0 saturated carbocycles. The Morgan fingerprint density at radius 3 is 1.82 bits per heavy atom. The van der Waals surface area contributed by atoms with Crippen molar-refractivity contribution in [1.82, 2.24) is 4.90 Å². The van der Waals surface area contributed by atoms with Gasteiger partial charge in [0.05, 0.1) is 0 Å². The molecule has 2 atom stereocenters. The molecule has 0 fully saturated rings. The average molecular weight is 308 g/mol. The van der Waals surface area contributed by atoms with Crippen LogP contribution in [-0.4, -0.2) is 18.0 Å². The van der Waals surface area contributed by atoms with Crippen molar-refractivity contribution in [3.63, 3.8) is 0 Å². The molecule has 0 heterocycles. The summed E-state index contributed by atoms with van der Waals surface area (Å²) < 4.78 is 0. The first-order chi connectivity index (χ1) is 10.7. The van der Waals surface area contributed by atoms with Crippen LogP contribution in [-0.2, 0) is 0 Å². The van der Waals surface area contributed by atoms with Gasteiger partial charge in [-0.15, -0.1) is 0 Å². The fourth-order valence-corrected chi connectivity index (χ4v) is 3.71. The molecule has 1 aliphatic carbocycles. The summed E-state index contributed by atoms with van der Waals surface area (Å²) in [6.45, 7) is 12.0. The molecule has 0 saturated heterocycles. The summed E-state index contributed by atoms with van der Waals surface area (Å²) in [6, 6.07) is 0. The summed E-state index contributed by atoms with van der Waals surface area (Å²) in [7, 11) is 0. The van der Waals surface area contributed by atoms with Crippen molar-refractivity contribution in [2.45, 2.75) is 98.3 Å². The van der Waals surface area contributed by atoms with Crippen LogP contribution in [0.5, 0.6) is 0 Å². The highest BCUT2D eigenvalue weighted by Crippen LogP contribution is 2.27. The highest BCUT2D eigenvalue weighted by Gasteiger charge is 2.20. The maximum atomic E-state index is 2.79. The lowest BCUT2D eigenvalue weighted by atomic mass is 9.95. The summed E-state index contributed by atoms with van der Waals surface area (Å²) in [6.07, 6.45) is 17.5. The molecule has 1 rings (SSSR count). The Kier molecular flexibility index (Phi) is 10.7. The molecular weight excluding hydrogens is 266 g/mol. The van der Waals surface area contributed by atoms with Gasteiger partial charge < -0.3 is 4.90 Å². The lowest BCUT2D eigenvalue weighted by molar-refractivity contribution is 0.219. The zero-order valence-corrected chi connectivity index (χ0v) is 15.9. The number of allylic oxidation sites excluding steroid dienone is 2. The first kappa shape index (κ1) is 19.6. The van der Waals surface area contributed by atoms with Crippen LogP contribution in [0, 0.1) is 11.8 Å². The standard InChI is InChI=1S/C21H41N/c1-5-9-13-19(7-3)17-22(21-15-11-12-16-21)18-20(8-4)14-10-6-2/h15,19-20H,5-14,16-18H2,1-4H3. The van der Waals surface area contributed by atoms with Crippen LogP contribution in [0.4, 0.5) is 0 Å². The summed E-state index contributed by atoms with van der Waals surface area (Å²) >= 11 is 0. The van der Waals surface area contributed by atoms with Gasteiger partial charge in [0.1, 0.15) is 0 Å². The van der Waals surface area contributed by atoms with Crippen molar-refractivity contribution < 1.29 is 0 Å². The van der Waals surface area contributed by atoms with E-state index in [4.69, 9.17) is 0 Å². The predicted molar refractivity (Wildman–Crippen MR) is 100 cm³/mol. The Labute approximate surface area is 140 Å². The molecule has 0 aromatic rings.